The molecule has 3 heterocycles. The largest absolute Gasteiger partial charge is 0.507 e. The number of rotatable bonds is 8. The van der Waals surface area contributed by atoms with E-state index in [1.807, 2.05) is 45.0 Å². The number of para-hydroxylation sites is 1. The van der Waals surface area contributed by atoms with Gasteiger partial charge in [0.2, 0.25) is 0 Å². The van der Waals surface area contributed by atoms with Crippen LogP contribution in [0.4, 0.5) is 0 Å². The predicted octanol–water partition coefficient (Wildman–Crippen LogP) is 5.49. The summed E-state index contributed by atoms with van der Waals surface area (Å²) >= 11 is 0. The molecule has 37 heavy (non-hydrogen) atoms. The molecule has 1 saturated heterocycles. The Morgan fingerprint density at radius 3 is 2.57 bits per heavy atom. The Morgan fingerprint density at radius 2 is 1.84 bits per heavy atom. The van der Waals surface area contributed by atoms with Crippen LogP contribution in [0.25, 0.3) is 16.7 Å². The number of nitrogens with one attached hydrogen (secondary N) is 1. The average molecular weight is 501 g/mol. The molecular weight excluding hydrogens is 472 g/mol. The van der Waals surface area contributed by atoms with E-state index in [2.05, 4.69) is 4.98 Å². The number of amides is 1. The summed E-state index contributed by atoms with van der Waals surface area (Å²) in [5.41, 5.74) is 2.71. The smallest absolute Gasteiger partial charge is 0.296 e. The van der Waals surface area contributed by atoms with Crippen LogP contribution in [0.2, 0.25) is 0 Å². The van der Waals surface area contributed by atoms with Gasteiger partial charge in [0.15, 0.2) is 0 Å². The van der Waals surface area contributed by atoms with Crippen LogP contribution < -0.4 is 9.47 Å². The van der Waals surface area contributed by atoms with E-state index in [-0.39, 0.29) is 17.9 Å². The first-order valence-electron chi connectivity index (χ1n) is 12.2. The summed E-state index contributed by atoms with van der Waals surface area (Å²) in [6.07, 6.45) is 1.52. The number of benzene rings is 2. The van der Waals surface area contributed by atoms with E-state index in [9.17, 15) is 14.7 Å². The van der Waals surface area contributed by atoms with Gasteiger partial charge >= 0.3 is 0 Å². The van der Waals surface area contributed by atoms with Gasteiger partial charge < -0.3 is 28.9 Å². The number of H-pyrrole nitrogens is 1. The van der Waals surface area contributed by atoms with Crippen molar-refractivity contribution in [1.82, 2.24) is 9.88 Å². The van der Waals surface area contributed by atoms with Crippen molar-refractivity contribution < 1.29 is 28.6 Å². The molecule has 8 nitrogen and oxygen atoms in total. The Hall–Kier alpha value is -4.46. The van der Waals surface area contributed by atoms with Crippen molar-refractivity contribution in [3.05, 3.63) is 89.0 Å². The average Bonchev–Trinajstić information content (AvgIpc) is 3.58. The second-order valence-electron chi connectivity index (χ2n) is 8.74. The first-order chi connectivity index (χ1) is 17.9. The molecule has 190 valence electrons. The highest BCUT2D eigenvalue weighted by Crippen LogP contribution is 2.45. The summed E-state index contributed by atoms with van der Waals surface area (Å²) in [6.45, 7) is 6.47. The number of aromatic amines is 1. The van der Waals surface area contributed by atoms with Crippen LogP contribution in [0, 0.1) is 6.92 Å². The number of carbonyl (C=O) groups is 2. The Bertz CT molecular complexity index is 1500. The Balaban J connectivity index is 1.74. The fourth-order valence-corrected chi connectivity index (χ4v) is 4.94. The lowest BCUT2D eigenvalue weighted by atomic mass is 9.93. The highest BCUT2D eigenvalue weighted by atomic mass is 16.5. The van der Waals surface area contributed by atoms with E-state index in [1.54, 1.807) is 30.3 Å². The second-order valence-corrected chi connectivity index (χ2v) is 8.74. The maximum absolute atomic E-state index is 13.5. The van der Waals surface area contributed by atoms with E-state index in [1.165, 1.54) is 11.2 Å². The molecule has 0 radical (unpaired) electrons. The number of aliphatic hydroxyl groups is 1. The van der Waals surface area contributed by atoms with Gasteiger partial charge in [-0.2, -0.15) is 0 Å². The van der Waals surface area contributed by atoms with E-state index in [4.69, 9.17) is 13.9 Å². The number of carbonyl (C=O) groups excluding carboxylic acids is 2. The number of likely N-dealkylation sites (tertiary alicyclic amines) is 1. The van der Waals surface area contributed by atoms with Crippen LogP contribution >= 0.6 is 0 Å². The lowest BCUT2D eigenvalue weighted by molar-refractivity contribution is -0.140. The number of aromatic nitrogens is 1. The van der Waals surface area contributed by atoms with Crippen molar-refractivity contribution in [3.8, 4) is 11.5 Å². The minimum Gasteiger partial charge on any atom is -0.507 e. The summed E-state index contributed by atoms with van der Waals surface area (Å²) in [5.74, 6) is -0.323. The zero-order valence-electron chi connectivity index (χ0n) is 20.9. The fraction of sp³-hybridized carbons (Fsp3) is 0.241. The van der Waals surface area contributed by atoms with Gasteiger partial charge in [-0.3, -0.25) is 9.59 Å². The fourth-order valence-electron chi connectivity index (χ4n) is 4.94. The topological polar surface area (TPSA) is 105 Å². The molecule has 2 aromatic heterocycles. The zero-order valence-corrected chi connectivity index (χ0v) is 20.9. The second kappa shape index (κ2) is 9.89. The number of ketones is 1. The number of hydrogen-bond donors (Lipinski definition) is 2. The maximum atomic E-state index is 13.5. The number of nitrogens with zero attached hydrogens (tertiary/aromatic N) is 1. The molecule has 1 aliphatic heterocycles. The van der Waals surface area contributed by atoms with Crippen LogP contribution in [0.5, 0.6) is 11.5 Å². The summed E-state index contributed by atoms with van der Waals surface area (Å²) in [4.78, 5) is 31.7. The molecule has 1 amide bonds. The Kier molecular flexibility index (Phi) is 6.48. The Labute approximate surface area is 214 Å². The molecule has 0 bridgehead atoms. The SMILES string of the molecule is CCOc1ccc(/C(O)=C2\C(=O)C(=O)N(Cc3ccco3)C2c2c(C)[nH]c3ccccc23)c(OCC)c1. The van der Waals surface area contributed by atoms with Gasteiger partial charge in [0.25, 0.3) is 11.7 Å². The van der Waals surface area contributed by atoms with Crippen molar-refractivity contribution in [2.75, 3.05) is 13.2 Å². The molecular formula is C29H28N2O6. The summed E-state index contributed by atoms with van der Waals surface area (Å²) in [6, 6.07) is 15.3. The lowest BCUT2D eigenvalue weighted by Gasteiger charge is -2.25. The minimum atomic E-state index is -0.845. The maximum Gasteiger partial charge on any atom is 0.296 e. The number of fused-ring (bicyclic) bond motifs is 1. The normalized spacial score (nSPS) is 17.1. The third-order valence-corrected chi connectivity index (χ3v) is 6.48. The van der Waals surface area contributed by atoms with Crippen LogP contribution in [0.15, 0.2) is 70.9 Å². The number of ether oxygens (including phenoxy) is 2. The standard InChI is InChI=1S/C29H28N2O6/c1-4-35-18-12-13-21(23(15-18)36-5-2)27(32)25-26(24-17(3)30-22-11-7-6-10-20(22)24)31(29(34)28(25)33)16-19-9-8-14-37-19/h6-15,26,30,32H,4-5,16H2,1-3H3/b27-25+. The van der Waals surface area contributed by atoms with Gasteiger partial charge in [0, 0.05) is 28.2 Å². The molecule has 1 aliphatic rings. The van der Waals surface area contributed by atoms with Crippen LogP contribution in [-0.2, 0) is 16.1 Å². The van der Waals surface area contributed by atoms with Gasteiger partial charge in [-0.05, 0) is 51.1 Å². The van der Waals surface area contributed by atoms with Crippen molar-refractivity contribution in [2.24, 2.45) is 0 Å². The van der Waals surface area contributed by atoms with Crippen LogP contribution in [0.3, 0.4) is 0 Å². The first-order valence-corrected chi connectivity index (χ1v) is 12.2. The highest BCUT2D eigenvalue weighted by molar-refractivity contribution is 6.46. The first kappa shape index (κ1) is 24.2. The Morgan fingerprint density at radius 1 is 1.05 bits per heavy atom. The van der Waals surface area contributed by atoms with Gasteiger partial charge in [0.05, 0.1) is 43.2 Å². The molecule has 1 unspecified atom stereocenters. The van der Waals surface area contributed by atoms with E-state index in [0.717, 1.165) is 22.2 Å². The van der Waals surface area contributed by atoms with Gasteiger partial charge in [0.1, 0.15) is 23.0 Å². The molecule has 1 atom stereocenters. The van der Waals surface area contributed by atoms with E-state index >= 15 is 0 Å². The summed E-state index contributed by atoms with van der Waals surface area (Å²) < 4.78 is 16.9. The predicted molar refractivity (Wildman–Crippen MR) is 138 cm³/mol. The third kappa shape index (κ3) is 4.24. The molecule has 1 fully saturated rings. The van der Waals surface area contributed by atoms with Crippen molar-refractivity contribution >= 4 is 28.4 Å². The molecule has 2 N–H and O–H groups in total. The zero-order chi connectivity index (χ0) is 26.1. The monoisotopic (exact) mass is 500 g/mol. The van der Waals surface area contributed by atoms with E-state index < -0.39 is 17.7 Å². The van der Waals surface area contributed by atoms with Gasteiger partial charge in [-0.25, -0.2) is 0 Å². The molecule has 0 spiro atoms. The number of aryl methyl sites for hydroxylation is 1. The van der Waals surface area contributed by atoms with Gasteiger partial charge in [-0.15, -0.1) is 0 Å². The molecule has 8 heteroatoms. The number of Topliss-reactive ketones (excluding diaryl/α,β-unsaturated/α-hetero) is 1. The minimum absolute atomic E-state index is 0.00507. The van der Waals surface area contributed by atoms with Crippen LogP contribution in [0.1, 0.15) is 42.5 Å². The summed E-state index contributed by atoms with van der Waals surface area (Å²) in [7, 11) is 0. The van der Waals surface area contributed by atoms with Gasteiger partial charge in [-0.1, -0.05) is 18.2 Å². The number of hydrogen-bond acceptors (Lipinski definition) is 6. The molecule has 0 aliphatic carbocycles. The van der Waals surface area contributed by atoms with Crippen molar-refractivity contribution in [2.45, 2.75) is 33.4 Å². The molecule has 0 saturated carbocycles. The summed E-state index contributed by atoms with van der Waals surface area (Å²) in [5, 5.41) is 12.5. The quantitative estimate of drug-likeness (QED) is 0.188. The van der Waals surface area contributed by atoms with E-state index in [0.29, 0.717) is 36.0 Å². The number of furan rings is 1. The molecule has 5 rings (SSSR count). The van der Waals surface area contributed by atoms with Crippen LogP contribution in [-0.4, -0.2) is 39.9 Å². The number of aliphatic hydroxyl groups excluding tert-OH is 1. The van der Waals surface area contributed by atoms with Crippen molar-refractivity contribution in [3.63, 3.8) is 0 Å². The van der Waals surface area contributed by atoms with Crippen molar-refractivity contribution in [1.29, 1.82) is 0 Å². The molecule has 4 aromatic rings. The lowest BCUT2D eigenvalue weighted by Crippen LogP contribution is -2.29. The molecule has 2 aromatic carbocycles. The highest BCUT2D eigenvalue weighted by Gasteiger charge is 2.48. The third-order valence-electron chi connectivity index (χ3n) is 6.48.